The summed E-state index contributed by atoms with van der Waals surface area (Å²) in [5, 5.41) is 0.0335. The lowest BCUT2D eigenvalue weighted by atomic mass is 10.2. The fourth-order valence-electron chi connectivity index (χ4n) is 0.650. The highest BCUT2D eigenvalue weighted by molar-refractivity contribution is 6.42. The first kappa shape index (κ1) is 8.75. The van der Waals surface area contributed by atoms with Gasteiger partial charge in [0.05, 0.1) is 10.0 Å². The molecule has 11 heavy (non-hydrogen) atoms. The Kier molecular flexibility index (Phi) is 2.68. The van der Waals surface area contributed by atoms with Gasteiger partial charge in [-0.05, 0) is 6.07 Å². The molecule has 0 aliphatic heterocycles. The molecule has 1 aromatic carbocycles. The fourth-order valence-corrected chi connectivity index (χ4v) is 1.02. The molecular weight excluding hydrogens is 193 g/mol. The number of benzene rings is 1. The van der Waals surface area contributed by atoms with Crippen molar-refractivity contribution in [3.05, 3.63) is 40.2 Å². The Morgan fingerprint density at radius 1 is 1.18 bits per heavy atom. The summed E-state index contributed by atoms with van der Waals surface area (Å²) in [4.78, 5) is 0. The molecule has 0 nitrogen and oxygen atoms in total. The van der Waals surface area contributed by atoms with Crippen LogP contribution in [-0.4, -0.2) is 0 Å². The molecule has 1 aromatic rings. The van der Waals surface area contributed by atoms with Gasteiger partial charge in [-0.25, -0.2) is 0 Å². The van der Waals surface area contributed by atoms with Crippen LogP contribution in [0.25, 0.3) is 0 Å². The third kappa shape index (κ3) is 1.82. The van der Waals surface area contributed by atoms with E-state index in [0.717, 1.165) is 0 Å². The molecule has 1 radical (unpaired) electrons. The summed E-state index contributed by atoms with van der Waals surface area (Å²) < 4.78 is 24.0. The second-order valence-corrected chi connectivity index (χ2v) is 2.65. The van der Waals surface area contributed by atoms with Crippen molar-refractivity contribution in [2.45, 2.75) is 0 Å². The van der Waals surface area contributed by atoms with Crippen molar-refractivity contribution in [3.8, 4) is 0 Å². The highest BCUT2D eigenvalue weighted by Gasteiger charge is 2.15. The van der Waals surface area contributed by atoms with E-state index in [4.69, 9.17) is 23.2 Å². The molecule has 0 unspecified atom stereocenters. The summed E-state index contributed by atoms with van der Waals surface area (Å²) in [6.45, 7) is 0. The van der Waals surface area contributed by atoms with Crippen LogP contribution in [0.15, 0.2) is 18.2 Å². The molecule has 0 fully saturated rings. The lowest BCUT2D eigenvalue weighted by Gasteiger charge is -2.01. The van der Waals surface area contributed by atoms with Crippen LogP contribution in [0.5, 0.6) is 0 Å². The van der Waals surface area contributed by atoms with Gasteiger partial charge in [0.1, 0.15) is 0 Å². The second kappa shape index (κ2) is 3.37. The summed E-state index contributed by atoms with van der Waals surface area (Å²) in [6, 6.07) is 4.09. The third-order valence-electron chi connectivity index (χ3n) is 1.16. The molecule has 0 saturated carbocycles. The Labute approximate surface area is 72.7 Å². The van der Waals surface area contributed by atoms with Crippen LogP contribution in [-0.2, 0) is 0 Å². The van der Waals surface area contributed by atoms with Gasteiger partial charge in [0.15, 0.2) is 0 Å². The van der Waals surface area contributed by atoms with Gasteiger partial charge in [-0.2, -0.15) is 8.78 Å². The second-order valence-electron chi connectivity index (χ2n) is 1.86. The van der Waals surface area contributed by atoms with Crippen molar-refractivity contribution in [1.29, 1.82) is 0 Å². The van der Waals surface area contributed by atoms with Crippen LogP contribution >= 0.6 is 23.2 Å². The monoisotopic (exact) mass is 195 g/mol. The lowest BCUT2D eigenvalue weighted by Crippen LogP contribution is -1.85. The first-order chi connectivity index (χ1) is 5.13. The highest BCUT2D eigenvalue weighted by Crippen LogP contribution is 2.31. The quantitative estimate of drug-likeness (QED) is 0.641. The van der Waals surface area contributed by atoms with Crippen LogP contribution in [0, 0.1) is 6.43 Å². The first-order valence-corrected chi connectivity index (χ1v) is 3.51. The zero-order chi connectivity index (χ0) is 8.43. The Morgan fingerprint density at radius 2 is 1.82 bits per heavy atom. The lowest BCUT2D eigenvalue weighted by molar-refractivity contribution is 0.325. The van der Waals surface area contributed by atoms with E-state index in [1.54, 1.807) is 0 Å². The SMILES string of the molecule is F[C](F)c1cccc(Cl)c1Cl. The Bertz CT molecular complexity index is 261. The molecule has 0 aromatic heterocycles. The van der Waals surface area contributed by atoms with E-state index in [2.05, 4.69) is 0 Å². The van der Waals surface area contributed by atoms with Crippen molar-refractivity contribution in [2.75, 3.05) is 0 Å². The topological polar surface area (TPSA) is 0 Å². The normalized spacial score (nSPS) is 10.6. The summed E-state index contributed by atoms with van der Waals surface area (Å²) in [5.41, 5.74) is -0.306. The standard InChI is InChI=1S/C7H3Cl2F2/c8-5-3-1-2-4(6(5)9)7(10)11/h1-3H. The van der Waals surface area contributed by atoms with E-state index in [1.807, 2.05) is 0 Å². The van der Waals surface area contributed by atoms with Crippen molar-refractivity contribution >= 4 is 23.2 Å². The molecule has 4 heteroatoms. The smallest absolute Gasteiger partial charge is 0.194 e. The summed E-state index contributed by atoms with van der Waals surface area (Å²) in [6.07, 6.45) is -1.82. The van der Waals surface area contributed by atoms with Crippen molar-refractivity contribution in [3.63, 3.8) is 0 Å². The van der Waals surface area contributed by atoms with Gasteiger partial charge in [-0.3, -0.25) is 0 Å². The van der Waals surface area contributed by atoms with E-state index in [0.29, 0.717) is 0 Å². The molecule has 0 amide bonds. The van der Waals surface area contributed by atoms with Gasteiger partial charge in [0.25, 0.3) is 0 Å². The summed E-state index contributed by atoms with van der Waals surface area (Å²) in [5.74, 6) is 0. The molecule has 0 aliphatic carbocycles. The fraction of sp³-hybridized carbons (Fsp3) is 0. The maximum absolute atomic E-state index is 12.0. The molecule has 0 N–H and O–H groups in total. The van der Waals surface area contributed by atoms with Gasteiger partial charge >= 0.3 is 6.43 Å². The molecule has 1 rings (SSSR count). The maximum atomic E-state index is 12.0. The van der Waals surface area contributed by atoms with Crippen molar-refractivity contribution in [2.24, 2.45) is 0 Å². The molecule has 0 spiro atoms. The van der Waals surface area contributed by atoms with Gasteiger partial charge in [0.2, 0.25) is 0 Å². The van der Waals surface area contributed by atoms with Crippen LogP contribution in [0.2, 0.25) is 10.0 Å². The largest absolute Gasteiger partial charge is 0.341 e. The average molecular weight is 196 g/mol. The maximum Gasteiger partial charge on any atom is 0.341 e. The number of hydrogen-bond donors (Lipinski definition) is 0. The van der Waals surface area contributed by atoms with E-state index < -0.39 is 6.43 Å². The number of hydrogen-bond acceptors (Lipinski definition) is 0. The van der Waals surface area contributed by atoms with Gasteiger partial charge in [-0.15, -0.1) is 0 Å². The molecule has 0 atom stereocenters. The Hall–Kier alpha value is -0.340. The molecule has 0 saturated heterocycles. The molecule has 0 heterocycles. The Balaban J connectivity index is 3.17. The average Bonchev–Trinajstić information content (AvgIpc) is 1.94. The minimum atomic E-state index is -1.82. The van der Waals surface area contributed by atoms with Gasteiger partial charge < -0.3 is 0 Å². The van der Waals surface area contributed by atoms with E-state index in [1.165, 1.54) is 18.2 Å². The van der Waals surface area contributed by atoms with Crippen LogP contribution < -0.4 is 0 Å². The van der Waals surface area contributed by atoms with Crippen molar-refractivity contribution in [1.82, 2.24) is 0 Å². The molecule has 59 valence electrons. The minimum Gasteiger partial charge on any atom is -0.194 e. The highest BCUT2D eigenvalue weighted by atomic mass is 35.5. The van der Waals surface area contributed by atoms with E-state index in [9.17, 15) is 8.78 Å². The van der Waals surface area contributed by atoms with Crippen LogP contribution in [0.1, 0.15) is 5.56 Å². The van der Waals surface area contributed by atoms with Crippen LogP contribution in [0.3, 0.4) is 0 Å². The zero-order valence-corrected chi connectivity index (χ0v) is 6.76. The number of rotatable bonds is 1. The number of halogens is 4. The molecule has 0 bridgehead atoms. The Morgan fingerprint density at radius 3 is 2.27 bits per heavy atom. The van der Waals surface area contributed by atoms with E-state index in [-0.39, 0.29) is 15.6 Å². The summed E-state index contributed by atoms with van der Waals surface area (Å²) in [7, 11) is 0. The zero-order valence-electron chi connectivity index (χ0n) is 5.24. The third-order valence-corrected chi connectivity index (χ3v) is 1.97. The van der Waals surface area contributed by atoms with Gasteiger partial charge in [-0.1, -0.05) is 35.3 Å². The predicted octanol–water partition coefficient (Wildman–Crippen LogP) is 3.77. The molecule has 0 aliphatic rings. The minimum absolute atomic E-state index is 0.103. The van der Waals surface area contributed by atoms with Crippen molar-refractivity contribution < 1.29 is 8.78 Å². The predicted molar refractivity (Wildman–Crippen MR) is 41.0 cm³/mol. The van der Waals surface area contributed by atoms with Gasteiger partial charge in [0, 0.05) is 5.56 Å². The first-order valence-electron chi connectivity index (χ1n) is 2.75. The van der Waals surface area contributed by atoms with E-state index >= 15 is 0 Å². The summed E-state index contributed by atoms with van der Waals surface area (Å²) >= 11 is 10.9. The molecular formula is C7H3Cl2F2. The van der Waals surface area contributed by atoms with Crippen LogP contribution in [0.4, 0.5) is 8.78 Å².